The van der Waals surface area contributed by atoms with Crippen molar-refractivity contribution in [2.75, 3.05) is 13.7 Å². The molecular formula is C12H17NO2. The normalized spacial score (nSPS) is 11.9. The smallest absolute Gasteiger partial charge is 0.128 e. The van der Waals surface area contributed by atoms with Crippen LogP contribution in [0, 0.1) is 0 Å². The van der Waals surface area contributed by atoms with Crippen LogP contribution in [0.15, 0.2) is 30.9 Å². The van der Waals surface area contributed by atoms with Crippen LogP contribution in [0.25, 0.3) is 0 Å². The minimum absolute atomic E-state index is 0.0595. The molecule has 3 heteroatoms. The SMILES string of the molecule is C=CCOc1cc(OC)ccc1C(C)N. The van der Waals surface area contributed by atoms with E-state index in [2.05, 4.69) is 6.58 Å². The van der Waals surface area contributed by atoms with Crippen LogP contribution in [0.2, 0.25) is 0 Å². The molecule has 0 fully saturated rings. The summed E-state index contributed by atoms with van der Waals surface area (Å²) in [6.07, 6.45) is 1.70. The summed E-state index contributed by atoms with van der Waals surface area (Å²) in [5.74, 6) is 1.52. The maximum absolute atomic E-state index is 5.83. The fourth-order valence-corrected chi connectivity index (χ4v) is 1.29. The van der Waals surface area contributed by atoms with E-state index in [-0.39, 0.29) is 6.04 Å². The predicted octanol–water partition coefficient (Wildman–Crippen LogP) is 2.28. The second-order valence-electron chi connectivity index (χ2n) is 3.29. The molecule has 0 aromatic heterocycles. The highest BCUT2D eigenvalue weighted by atomic mass is 16.5. The summed E-state index contributed by atoms with van der Waals surface area (Å²) in [7, 11) is 1.62. The molecule has 0 saturated heterocycles. The predicted molar refractivity (Wildman–Crippen MR) is 61.3 cm³/mol. The van der Waals surface area contributed by atoms with Crippen molar-refractivity contribution in [3.05, 3.63) is 36.4 Å². The van der Waals surface area contributed by atoms with Crippen molar-refractivity contribution in [1.29, 1.82) is 0 Å². The summed E-state index contributed by atoms with van der Waals surface area (Å²) in [6.45, 7) is 5.99. The Morgan fingerprint density at radius 2 is 2.27 bits per heavy atom. The highest BCUT2D eigenvalue weighted by Gasteiger charge is 2.08. The molecule has 1 rings (SSSR count). The highest BCUT2D eigenvalue weighted by Crippen LogP contribution is 2.28. The third kappa shape index (κ3) is 2.99. The Hall–Kier alpha value is -1.48. The Morgan fingerprint density at radius 1 is 1.53 bits per heavy atom. The minimum Gasteiger partial charge on any atom is -0.497 e. The molecule has 3 nitrogen and oxygen atoms in total. The maximum Gasteiger partial charge on any atom is 0.128 e. The van der Waals surface area contributed by atoms with Crippen LogP contribution in [0.5, 0.6) is 11.5 Å². The van der Waals surface area contributed by atoms with E-state index in [1.165, 1.54) is 0 Å². The number of benzene rings is 1. The summed E-state index contributed by atoms with van der Waals surface area (Å²) in [6, 6.07) is 5.57. The van der Waals surface area contributed by atoms with Crippen molar-refractivity contribution >= 4 is 0 Å². The second kappa shape index (κ2) is 5.41. The molecule has 0 spiro atoms. The van der Waals surface area contributed by atoms with Gasteiger partial charge in [-0.25, -0.2) is 0 Å². The Labute approximate surface area is 90.5 Å². The summed E-state index contributed by atoms with van der Waals surface area (Å²) in [5, 5.41) is 0. The minimum atomic E-state index is -0.0595. The van der Waals surface area contributed by atoms with Crippen molar-refractivity contribution in [3.8, 4) is 11.5 Å². The molecule has 0 aliphatic carbocycles. The zero-order valence-corrected chi connectivity index (χ0v) is 9.19. The topological polar surface area (TPSA) is 44.5 Å². The average molecular weight is 207 g/mol. The van der Waals surface area contributed by atoms with Gasteiger partial charge in [-0.15, -0.1) is 0 Å². The molecule has 0 bridgehead atoms. The molecule has 0 aliphatic heterocycles. The van der Waals surface area contributed by atoms with Gasteiger partial charge in [0, 0.05) is 17.7 Å². The largest absolute Gasteiger partial charge is 0.497 e. The molecule has 0 radical (unpaired) electrons. The lowest BCUT2D eigenvalue weighted by molar-refractivity contribution is 0.351. The number of methoxy groups -OCH3 is 1. The summed E-state index contributed by atoms with van der Waals surface area (Å²) >= 11 is 0. The molecule has 1 atom stereocenters. The van der Waals surface area contributed by atoms with Crippen molar-refractivity contribution in [2.24, 2.45) is 5.73 Å². The van der Waals surface area contributed by atoms with E-state index >= 15 is 0 Å². The van der Waals surface area contributed by atoms with Gasteiger partial charge in [0.25, 0.3) is 0 Å². The first kappa shape index (κ1) is 11.6. The second-order valence-corrected chi connectivity index (χ2v) is 3.29. The van der Waals surface area contributed by atoms with Crippen LogP contribution in [-0.4, -0.2) is 13.7 Å². The van der Waals surface area contributed by atoms with Gasteiger partial charge in [-0.2, -0.15) is 0 Å². The van der Waals surface area contributed by atoms with E-state index in [0.717, 1.165) is 17.1 Å². The number of nitrogens with two attached hydrogens (primary N) is 1. The molecule has 1 unspecified atom stereocenters. The first-order valence-corrected chi connectivity index (χ1v) is 4.86. The first-order chi connectivity index (χ1) is 7.19. The molecule has 82 valence electrons. The van der Waals surface area contributed by atoms with Crippen molar-refractivity contribution in [1.82, 2.24) is 0 Å². The first-order valence-electron chi connectivity index (χ1n) is 4.86. The van der Waals surface area contributed by atoms with E-state index in [1.54, 1.807) is 13.2 Å². The fraction of sp³-hybridized carbons (Fsp3) is 0.333. The highest BCUT2D eigenvalue weighted by molar-refractivity contribution is 5.42. The van der Waals surface area contributed by atoms with Crippen molar-refractivity contribution in [2.45, 2.75) is 13.0 Å². The summed E-state index contributed by atoms with van der Waals surface area (Å²) in [4.78, 5) is 0. The molecule has 15 heavy (non-hydrogen) atoms. The molecule has 0 amide bonds. The third-order valence-electron chi connectivity index (χ3n) is 2.07. The molecule has 0 aliphatic rings. The fourth-order valence-electron chi connectivity index (χ4n) is 1.29. The van der Waals surface area contributed by atoms with E-state index < -0.39 is 0 Å². The lowest BCUT2D eigenvalue weighted by Crippen LogP contribution is -2.08. The van der Waals surface area contributed by atoms with E-state index in [1.807, 2.05) is 25.1 Å². The van der Waals surface area contributed by atoms with Crippen LogP contribution in [-0.2, 0) is 0 Å². The average Bonchev–Trinajstić information content (AvgIpc) is 2.25. The van der Waals surface area contributed by atoms with Crippen LogP contribution in [0.1, 0.15) is 18.5 Å². The quantitative estimate of drug-likeness (QED) is 0.753. The van der Waals surface area contributed by atoms with Crippen LogP contribution in [0.3, 0.4) is 0 Å². The van der Waals surface area contributed by atoms with Gasteiger partial charge < -0.3 is 15.2 Å². The molecule has 0 heterocycles. The third-order valence-corrected chi connectivity index (χ3v) is 2.07. The Morgan fingerprint density at radius 3 is 2.80 bits per heavy atom. The Kier molecular flexibility index (Phi) is 4.18. The monoisotopic (exact) mass is 207 g/mol. The van der Waals surface area contributed by atoms with Gasteiger partial charge in [-0.1, -0.05) is 18.7 Å². The zero-order chi connectivity index (χ0) is 11.3. The number of hydrogen-bond donors (Lipinski definition) is 1. The Balaban J connectivity index is 2.99. The lowest BCUT2D eigenvalue weighted by atomic mass is 10.1. The van der Waals surface area contributed by atoms with Gasteiger partial charge in [0.1, 0.15) is 18.1 Å². The molecular weight excluding hydrogens is 190 g/mol. The van der Waals surface area contributed by atoms with Crippen molar-refractivity contribution < 1.29 is 9.47 Å². The molecule has 1 aromatic carbocycles. The zero-order valence-electron chi connectivity index (χ0n) is 9.19. The summed E-state index contributed by atoms with van der Waals surface area (Å²) in [5.41, 5.74) is 6.80. The van der Waals surface area contributed by atoms with Crippen LogP contribution in [0.4, 0.5) is 0 Å². The maximum atomic E-state index is 5.83. The standard InChI is InChI=1S/C12H17NO2/c1-4-7-15-12-8-10(14-3)5-6-11(12)9(2)13/h4-6,8-9H,1,7,13H2,2-3H3. The van der Waals surface area contributed by atoms with Gasteiger partial charge in [0.2, 0.25) is 0 Å². The van der Waals surface area contributed by atoms with Gasteiger partial charge in [0.05, 0.1) is 7.11 Å². The van der Waals surface area contributed by atoms with E-state index in [4.69, 9.17) is 15.2 Å². The molecule has 0 saturated carbocycles. The summed E-state index contributed by atoms with van der Waals surface area (Å²) < 4.78 is 10.6. The van der Waals surface area contributed by atoms with E-state index in [9.17, 15) is 0 Å². The lowest BCUT2D eigenvalue weighted by Gasteiger charge is -2.14. The van der Waals surface area contributed by atoms with Gasteiger partial charge >= 0.3 is 0 Å². The molecule has 1 aromatic rings. The van der Waals surface area contributed by atoms with Crippen molar-refractivity contribution in [3.63, 3.8) is 0 Å². The number of ether oxygens (including phenoxy) is 2. The van der Waals surface area contributed by atoms with Gasteiger partial charge in [-0.05, 0) is 13.0 Å². The van der Waals surface area contributed by atoms with E-state index in [0.29, 0.717) is 6.61 Å². The van der Waals surface area contributed by atoms with Gasteiger partial charge in [-0.3, -0.25) is 0 Å². The van der Waals surface area contributed by atoms with Crippen LogP contribution >= 0.6 is 0 Å². The number of hydrogen-bond acceptors (Lipinski definition) is 3. The molecule has 2 N–H and O–H groups in total. The van der Waals surface area contributed by atoms with Gasteiger partial charge in [0.15, 0.2) is 0 Å². The number of rotatable bonds is 5. The Bertz CT molecular complexity index is 334. The van der Waals surface area contributed by atoms with Crippen LogP contribution < -0.4 is 15.2 Å².